The molecule has 1 N–H and O–H groups in total. The third-order valence-corrected chi connectivity index (χ3v) is 3.66. The van der Waals surface area contributed by atoms with Crippen molar-refractivity contribution in [2.45, 2.75) is 33.1 Å². The molecule has 0 atom stereocenters. The van der Waals surface area contributed by atoms with Crippen LogP contribution in [0.1, 0.15) is 32.3 Å². The second-order valence-electron chi connectivity index (χ2n) is 4.48. The van der Waals surface area contributed by atoms with Crippen LogP contribution in [0.3, 0.4) is 0 Å². The van der Waals surface area contributed by atoms with Gasteiger partial charge in [0.25, 0.3) is 0 Å². The molecule has 0 amide bonds. The number of rotatable bonds is 6. The lowest BCUT2D eigenvalue weighted by atomic mass is 9.77. The minimum atomic E-state index is -0.310. The van der Waals surface area contributed by atoms with Gasteiger partial charge in [-0.2, -0.15) is 0 Å². The summed E-state index contributed by atoms with van der Waals surface area (Å²) in [6.07, 6.45) is 2.20. The summed E-state index contributed by atoms with van der Waals surface area (Å²) >= 11 is 0. The van der Waals surface area contributed by atoms with Gasteiger partial charge in [-0.15, -0.1) is 0 Å². The first-order valence-corrected chi connectivity index (χ1v) is 6.04. The first kappa shape index (κ1) is 14.0. The van der Waals surface area contributed by atoms with Crippen molar-refractivity contribution in [1.82, 2.24) is 0 Å². The number of hydrogen-bond acceptors (Lipinski definition) is 2. The van der Waals surface area contributed by atoms with Crippen LogP contribution in [0.5, 0.6) is 5.75 Å². The van der Waals surface area contributed by atoms with E-state index in [1.807, 2.05) is 13.8 Å². The second kappa shape index (κ2) is 6.01. The smallest absolute Gasteiger partial charge is 0.168 e. The van der Waals surface area contributed by atoms with Crippen molar-refractivity contribution in [2.75, 3.05) is 13.7 Å². The van der Waals surface area contributed by atoms with E-state index in [1.165, 1.54) is 7.11 Å². The maximum atomic E-state index is 14.0. The molecular formula is C14H21FO2. The zero-order valence-electron chi connectivity index (χ0n) is 10.8. The fraction of sp³-hybridized carbons (Fsp3) is 0.571. The summed E-state index contributed by atoms with van der Waals surface area (Å²) in [6, 6.07) is 5.15. The van der Waals surface area contributed by atoms with Gasteiger partial charge < -0.3 is 9.84 Å². The SMILES string of the molecule is CCC(CC)(CO)Cc1cccc(OC)c1F. The molecule has 0 heterocycles. The average Bonchev–Trinajstić information content (AvgIpc) is 2.38. The normalized spacial score (nSPS) is 11.6. The quantitative estimate of drug-likeness (QED) is 0.827. The van der Waals surface area contributed by atoms with Crippen molar-refractivity contribution < 1.29 is 14.2 Å². The lowest BCUT2D eigenvalue weighted by Crippen LogP contribution is -2.27. The Bertz CT molecular complexity index is 351. The molecule has 1 aromatic rings. The third-order valence-electron chi connectivity index (χ3n) is 3.66. The molecule has 0 spiro atoms. The van der Waals surface area contributed by atoms with Gasteiger partial charge in [0.05, 0.1) is 7.11 Å². The molecule has 0 aliphatic rings. The van der Waals surface area contributed by atoms with Gasteiger partial charge in [-0.25, -0.2) is 4.39 Å². The second-order valence-corrected chi connectivity index (χ2v) is 4.48. The lowest BCUT2D eigenvalue weighted by molar-refractivity contribution is 0.114. The van der Waals surface area contributed by atoms with E-state index in [0.29, 0.717) is 12.0 Å². The zero-order chi connectivity index (χ0) is 12.9. The van der Waals surface area contributed by atoms with E-state index in [4.69, 9.17) is 4.74 Å². The lowest BCUT2D eigenvalue weighted by Gasteiger charge is -2.29. The maximum Gasteiger partial charge on any atom is 0.168 e. The molecule has 1 rings (SSSR count). The highest BCUT2D eigenvalue weighted by Crippen LogP contribution is 2.33. The van der Waals surface area contributed by atoms with Crippen LogP contribution < -0.4 is 4.74 Å². The Balaban J connectivity index is 3.01. The molecule has 0 bridgehead atoms. The van der Waals surface area contributed by atoms with Crippen LogP contribution in [0.25, 0.3) is 0 Å². The van der Waals surface area contributed by atoms with Crippen LogP contribution in [0.15, 0.2) is 18.2 Å². The molecular weight excluding hydrogens is 219 g/mol. The Morgan fingerprint density at radius 3 is 2.41 bits per heavy atom. The van der Waals surface area contributed by atoms with Gasteiger partial charge in [0.15, 0.2) is 11.6 Å². The molecule has 0 saturated heterocycles. The van der Waals surface area contributed by atoms with Crippen LogP contribution in [0.2, 0.25) is 0 Å². The molecule has 96 valence electrons. The van der Waals surface area contributed by atoms with Crippen LogP contribution in [0, 0.1) is 11.2 Å². The van der Waals surface area contributed by atoms with E-state index in [-0.39, 0.29) is 23.6 Å². The van der Waals surface area contributed by atoms with Crippen molar-refractivity contribution in [1.29, 1.82) is 0 Å². The summed E-state index contributed by atoms with van der Waals surface area (Å²) in [5.74, 6) is -0.0451. The average molecular weight is 240 g/mol. The van der Waals surface area contributed by atoms with Gasteiger partial charge in [-0.05, 0) is 36.3 Å². The number of halogens is 1. The molecule has 1 aromatic carbocycles. The van der Waals surface area contributed by atoms with E-state index in [1.54, 1.807) is 18.2 Å². The predicted octanol–water partition coefficient (Wildman–Crippen LogP) is 3.18. The molecule has 0 saturated carbocycles. The van der Waals surface area contributed by atoms with E-state index >= 15 is 0 Å². The molecule has 0 aromatic heterocycles. The molecule has 17 heavy (non-hydrogen) atoms. The Morgan fingerprint density at radius 1 is 1.29 bits per heavy atom. The van der Waals surface area contributed by atoms with Gasteiger partial charge >= 0.3 is 0 Å². The van der Waals surface area contributed by atoms with Gasteiger partial charge in [0.1, 0.15) is 0 Å². The van der Waals surface area contributed by atoms with E-state index < -0.39 is 0 Å². The van der Waals surface area contributed by atoms with Crippen molar-refractivity contribution in [3.63, 3.8) is 0 Å². The topological polar surface area (TPSA) is 29.5 Å². The number of hydrogen-bond donors (Lipinski definition) is 1. The number of benzene rings is 1. The van der Waals surface area contributed by atoms with E-state index in [0.717, 1.165) is 12.8 Å². The van der Waals surface area contributed by atoms with Crippen molar-refractivity contribution in [3.05, 3.63) is 29.6 Å². The molecule has 0 fully saturated rings. The Labute approximate surface area is 102 Å². The van der Waals surface area contributed by atoms with E-state index in [9.17, 15) is 9.50 Å². The molecule has 0 aliphatic heterocycles. The van der Waals surface area contributed by atoms with Gasteiger partial charge in [-0.3, -0.25) is 0 Å². The van der Waals surface area contributed by atoms with Gasteiger partial charge in [0.2, 0.25) is 0 Å². The highest BCUT2D eigenvalue weighted by atomic mass is 19.1. The van der Waals surface area contributed by atoms with Crippen molar-refractivity contribution in [3.8, 4) is 5.75 Å². The number of aliphatic hydroxyl groups excluding tert-OH is 1. The van der Waals surface area contributed by atoms with Crippen LogP contribution >= 0.6 is 0 Å². The largest absolute Gasteiger partial charge is 0.494 e. The van der Waals surface area contributed by atoms with Crippen molar-refractivity contribution >= 4 is 0 Å². The summed E-state index contributed by atoms with van der Waals surface area (Å²) < 4.78 is 19.0. The first-order valence-electron chi connectivity index (χ1n) is 6.04. The molecule has 0 radical (unpaired) electrons. The molecule has 0 unspecified atom stereocenters. The summed E-state index contributed by atoms with van der Waals surface area (Å²) in [7, 11) is 1.46. The fourth-order valence-electron chi connectivity index (χ4n) is 2.03. The summed E-state index contributed by atoms with van der Waals surface area (Å²) in [5, 5.41) is 9.50. The number of methoxy groups -OCH3 is 1. The summed E-state index contributed by atoms with van der Waals surface area (Å²) in [4.78, 5) is 0. The molecule has 0 aliphatic carbocycles. The number of aliphatic hydroxyl groups is 1. The Hall–Kier alpha value is -1.09. The highest BCUT2D eigenvalue weighted by molar-refractivity contribution is 5.31. The molecule has 3 heteroatoms. The summed E-state index contributed by atoms with van der Waals surface area (Å²) in [6.45, 7) is 4.13. The maximum absolute atomic E-state index is 14.0. The van der Waals surface area contributed by atoms with Gasteiger partial charge in [0, 0.05) is 6.61 Å². The summed E-state index contributed by atoms with van der Waals surface area (Å²) in [5.41, 5.74) is 0.384. The zero-order valence-corrected chi connectivity index (χ0v) is 10.8. The van der Waals surface area contributed by atoms with Crippen LogP contribution in [-0.4, -0.2) is 18.8 Å². The van der Waals surface area contributed by atoms with E-state index in [2.05, 4.69) is 0 Å². The monoisotopic (exact) mass is 240 g/mol. The number of ether oxygens (including phenoxy) is 1. The highest BCUT2D eigenvalue weighted by Gasteiger charge is 2.27. The Morgan fingerprint density at radius 2 is 1.94 bits per heavy atom. The predicted molar refractivity (Wildman–Crippen MR) is 66.8 cm³/mol. The minimum absolute atomic E-state index is 0.0800. The standard InChI is InChI=1S/C14H21FO2/c1-4-14(5-2,10-16)9-11-7-6-8-12(17-3)13(11)15/h6-8,16H,4-5,9-10H2,1-3H3. The fourth-order valence-corrected chi connectivity index (χ4v) is 2.03. The minimum Gasteiger partial charge on any atom is -0.494 e. The Kier molecular flexibility index (Phi) is 4.94. The third kappa shape index (κ3) is 2.97. The first-order chi connectivity index (χ1) is 8.12. The molecule has 2 nitrogen and oxygen atoms in total. The van der Waals surface area contributed by atoms with Crippen LogP contribution in [0.4, 0.5) is 4.39 Å². The van der Waals surface area contributed by atoms with Gasteiger partial charge in [-0.1, -0.05) is 26.0 Å². The van der Waals surface area contributed by atoms with Crippen LogP contribution in [-0.2, 0) is 6.42 Å². The van der Waals surface area contributed by atoms with Crippen molar-refractivity contribution in [2.24, 2.45) is 5.41 Å².